The van der Waals surface area contributed by atoms with E-state index >= 15 is 0 Å². The number of likely N-dealkylation sites (tertiary alicyclic amines) is 1. The smallest absolute Gasteiger partial charge is 0.285 e. The molecule has 2 unspecified atom stereocenters. The zero-order valence-corrected chi connectivity index (χ0v) is 12.1. The summed E-state index contributed by atoms with van der Waals surface area (Å²) in [5.74, 6) is 0. The second-order valence-electron chi connectivity index (χ2n) is 5.59. The van der Waals surface area contributed by atoms with Gasteiger partial charge in [0.15, 0.2) is 0 Å². The van der Waals surface area contributed by atoms with E-state index in [2.05, 4.69) is 4.90 Å². The number of nitrogens with zero attached hydrogens (tertiary/aromatic N) is 3. The molecule has 0 saturated carbocycles. The molecule has 1 saturated heterocycles. The fourth-order valence-electron chi connectivity index (χ4n) is 2.89. The predicted octanol–water partition coefficient (Wildman–Crippen LogP) is 0.992. The highest BCUT2D eigenvalue weighted by Gasteiger charge is 2.25. The van der Waals surface area contributed by atoms with Crippen LogP contribution >= 0.6 is 0 Å². The summed E-state index contributed by atoms with van der Waals surface area (Å²) < 4.78 is 1.38. The van der Waals surface area contributed by atoms with Crippen molar-refractivity contribution in [3.8, 4) is 0 Å². The minimum Gasteiger partial charge on any atom is -0.393 e. The minimum atomic E-state index is -0.498. The Morgan fingerprint density at radius 1 is 1.48 bits per heavy atom. The molecule has 0 aromatic carbocycles. The zero-order valence-electron chi connectivity index (χ0n) is 12.1. The number of aromatic nitrogens is 1. The molecule has 1 aromatic rings. The maximum atomic E-state index is 11.7. The quantitative estimate of drug-likeness (QED) is 0.624. The Balaban J connectivity index is 2.00. The minimum absolute atomic E-state index is 0.0726. The fourth-order valence-corrected chi connectivity index (χ4v) is 2.89. The van der Waals surface area contributed by atoms with Gasteiger partial charge < -0.3 is 9.67 Å². The van der Waals surface area contributed by atoms with Crippen LogP contribution in [0.25, 0.3) is 0 Å². The van der Waals surface area contributed by atoms with E-state index in [1.807, 2.05) is 0 Å². The van der Waals surface area contributed by atoms with E-state index in [4.69, 9.17) is 0 Å². The van der Waals surface area contributed by atoms with Crippen molar-refractivity contribution in [2.75, 3.05) is 13.1 Å². The van der Waals surface area contributed by atoms with Gasteiger partial charge in [0.05, 0.1) is 17.2 Å². The van der Waals surface area contributed by atoms with Crippen molar-refractivity contribution in [3.05, 3.63) is 38.8 Å². The molecule has 7 nitrogen and oxygen atoms in total. The van der Waals surface area contributed by atoms with Gasteiger partial charge in [-0.25, -0.2) is 0 Å². The van der Waals surface area contributed by atoms with Gasteiger partial charge in [-0.3, -0.25) is 19.8 Å². The largest absolute Gasteiger partial charge is 0.393 e. The first kappa shape index (κ1) is 15.7. The SMILES string of the molecule is CC(O)CC1CCCN1CCn1cc([N+](=O)[O-])ccc1=O. The Morgan fingerprint density at radius 3 is 2.90 bits per heavy atom. The summed E-state index contributed by atoms with van der Waals surface area (Å²) in [6.07, 6.45) is 3.82. The molecule has 2 rings (SSSR count). The maximum absolute atomic E-state index is 11.7. The van der Waals surface area contributed by atoms with Crippen molar-refractivity contribution in [2.45, 2.75) is 44.9 Å². The van der Waals surface area contributed by atoms with Gasteiger partial charge >= 0.3 is 0 Å². The van der Waals surface area contributed by atoms with E-state index in [1.165, 1.54) is 22.9 Å². The molecule has 7 heteroatoms. The number of rotatable bonds is 6. The summed E-state index contributed by atoms with van der Waals surface area (Å²) in [4.78, 5) is 24.2. The first-order valence-corrected chi connectivity index (χ1v) is 7.24. The lowest BCUT2D eigenvalue weighted by molar-refractivity contribution is -0.385. The van der Waals surface area contributed by atoms with Crippen molar-refractivity contribution >= 4 is 5.69 Å². The lowest BCUT2D eigenvalue weighted by Crippen LogP contribution is -2.36. The fraction of sp³-hybridized carbons (Fsp3) is 0.643. The number of aliphatic hydroxyl groups excluding tert-OH is 1. The highest BCUT2D eigenvalue weighted by molar-refractivity contribution is 5.24. The molecule has 0 spiro atoms. The molecule has 1 aromatic heterocycles. The van der Waals surface area contributed by atoms with Crippen molar-refractivity contribution in [3.63, 3.8) is 0 Å². The van der Waals surface area contributed by atoms with Crippen molar-refractivity contribution in [1.29, 1.82) is 0 Å². The normalized spacial score (nSPS) is 20.6. The molecule has 0 radical (unpaired) electrons. The third kappa shape index (κ3) is 4.12. The molecular weight excluding hydrogens is 274 g/mol. The molecule has 1 aliphatic rings. The Hall–Kier alpha value is -1.73. The zero-order chi connectivity index (χ0) is 15.4. The Bertz CT molecular complexity index is 555. The summed E-state index contributed by atoms with van der Waals surface area (Å²) in [6, 6.07) is 2.79. The van der Waals surface area contributed by atoms with Crippen LogP contribution < -0.4 is 5.56 Å². The predicted molar refractivity (Wildman–Crippen MR) is 78.2 cm³/mol. The third-order valence-electron chi connectivity index (χ3n) is 3.92. The van der Waals surface area contributed by atoms with Crippen molar-refractivity contribution in [1.82, 2.24) is 9.47 Å². The van der Waals surface area contributed by atoms with E-state index in [0.717, 1.165) is 25.8 Å². The average molecular weight is 295 g/mol. The van der Waals surface area contributed by atoms with Gasteiger partial charge in [-0.15, -0.1) is 0 Å². The van der Waals surface area contributed by atoms with Crippen LogP contribution in [0.4, 0.5) is 5.69 Å². The maximum Gasteiger partial charge on any atom is 0.285 e. The monoisotopic (exact) mass is 295 g/mol. The van der Waals surface area contributed by atoms with Gasteiger partial charge in [0.25, 0.3) is 11.2 Å². The number of hydrogen-bond acceptors (Lipinski definition) is 5. The van der Waals surface area contributed by atoms with Crippen LogP contribution in [0, 0.1) is 10.1 Å². The molecule has 116 valence electrons. The van der Waals surface area contributed by atoms with Gasteiger partial charge in [0.1, 0.15) is 0 Å². The van der Waals surface area contributed by atoms with Crippen LogP contribution in [0.15, 0.2) is 23.1 Å². The van der Waals surface area contributed by atoms with Crippen LogP contribution in [-0.4, -0.2) is 44.7 Å². The van der Waals surface area contributed by atoms with Gasteiger partial charge in [-0.2, -0.15) is 0 Å². The summed E-state index contributed by atoms with van der Waals surface area (Å²) in [5, 5.41) is 20.3. The van der Waals surface area contributed by atoms with E-state index in [0.29, 0.717) is 19.1 Å². The Kier molecular flexibility index (Phi) is 5.08. The molecule has 1 aliphatic heterocycles. The van der Waals surface area contributed by atoms with Crippen LogP contribution in [0.1, 0.15) is 26.2 Å². The van der Waals surface area contributed by atoms with Crippen LogP contribution in [0.5, 0.6) is 0 Å². The number of aliphatic hydroxyl groups is 1. The number of pyridine rings is 1. The van der Waals surface area contributed by atoms with Gasteiger partial charge in [-0.05, 0) is 32.7 Å². The third-order valence-corrected chi connectivity index (χ3v) is 3.92. The summed E-state index contributed by atoms with van der Waals surface area (Å²) >= 11 is 0. The first-order valence-electron chi connectivity index (χ1n) is 7.24. The number of nitro groups is 1. The molecule has 21 heavy (non-hydrogen) atoms. The van der Waals surface area contributed by atoms with Crippen LogP contribution in [-0.2, 0) is 6.54 Å². The Morgan fingerprint density at radius 2 is 2.24 bits per heavy atom. The molecular formula is C14H21N3O4. The first-order chi connectivity index (χ1) is 9.97. The molecule has 2 heterocycles. The average Bonchev–Trinajstić information content (AvgIpc) is 2.84. The second kappa shape index (κ2) is 6.82. The highest BCUT2D eigenvalue weighted by atomic mass is 16.6. The van der Waals surface area contributed by atoms with E-state index < -0.39 is 4.92 Å². The molecule has 0 aliphatic carbocycles. The Labute approximate surface area is 123 Å². The van der Waals surface area contributed by atoms with E-state index in [9.17, 15) is 20.0 Å². The lowest BCUT2D eigenvalue weighted by Gasteiger charge is -2.25. The van der Waals surface area contributed by atoms with Crippen LogP contribution in [0.2, 0.25) is 0 Å². The molecule has 2 atom stereocenters. The summed E-state index contributed by atoms with van der Waals surface area (Å²) in [6.45, 7) is 3.82. The van der Waals surface area contributed by atoms with E-state index in [1.54, 1.807) is 6.92 Å². The lowest BCUT2D eigenvalue weighted by atomic mass is 10.1. The molecule has 1 N–H and O–H groups in total. The highest BCUT2D eigenvalue weighted by Crippen LogP contribution is 2.21. The topological polar surface area (TPSA) is 88.6 Å². The standard InChI is InChI=1S/C14H21N3O4/c1-11(18)9-12-3-2-6-15(12)7-8-16-10-13(17(20)21)4-5-14(16)19/h4-5,10-12,18H,2-3,6-9H2,1H3. The van der Waals surface area contributed by atoms with Gasteiger partial charge in [-0.1, -0.05) is 0 Å². The van der Waals surface area contributed by atoms with Gasteiger partial charge in [0, 0.05) is 31.3 Å². The van der Waals surface area contributed by atoms with Crippen molar-refractivity contribution < 1.29 is 10.0 Å². The van der Waals surface area contributed by atoms with E-state index in [-0.39, 0.29) is 17.4 Å². The summed E-state index contributed by atoms with van der Waals surface area (Å²) in [7, 11) is 0. The van der Waals surface area contributed by atoms with Gasteiger partial charge in [0.2, 0.25) is 0 Å². The van der Waals surface area contributed by atoms with Crippen LogP contribution in [0.3, 0.4) is 0 Å². The van der Waals surface area contributed by atoms with Crippen molar-refractivity contribution in [2.24, 2.45) is 0 Å². The molecule has 0 bridgehead atoms. The summed E-state index contributed by atoms with van der Waals surface area (Å²) in [5.41, 5.74) is -0.302. The second-order valence-corrected chi connectivity index (χ2v) is 5.59. The molecule has 1 fully saturated rings. The number of hydrogen-bond donors (Lipinski definition) is 1. The molecule has 0 amide bonds.